The molecule has 1 aliphatic heterocycles. The highest BCUT2D eigenvalue weighted by atomic mass is 16.3. The first-order chi connectivity index (χ1) is 7.61. The lowest BCUT2D eigenvalue weighted by Gasteiger charge is -2.32. The normalized spacial score (nSPS) is 28.2. The molecule has 1 rings (SSSR count). The molecular formula is C12H24N2O2. The Bertz CT molecular complexity index is 233. The lowest BCUT2D eigenvalue weighted by molar-refractivity contribution is -0.136. The number of unbranched alkanes of at least 4 members (excludes halogenated alkanes) is 1. The number of nitrogens with zero attached hydrogens (tertiary/aromatic N) is 2. The summed E-state index contributed by atoms with van der Waals surface area (Å²) in [7, 11) is 1.82. The van der Waals surface area contributed by atoms with Gasteiger partial charge in [0.1, 0.15) is 6.04 Å². The molecule has 4 heteroatoms. The highest BCUT2D eigenvalue weighted by molar-refractivity contribution is 5.82. The molecule has 0 aromatic rings. The first kappa shape index (κ1) is 13.5. The van der Waals surface area contributed by atoms with E-state index in [2.05, 4.69) is 18.7 Å². The molecule has 94 valence electrons. The maximum Gasteiger partial charge on any atom is 0.242 e. The molecule has 4 nitrogen and oxygen atoms in total. The maximum absolute atomic E-state index is 12.0. The van der Waals surface area contributed by atoms with Crippen LogP contribution >= 0.6 is 0 Å². The first-order valence-electron chi connectivity index (χ1n) is 6.23. The maximum atomic E-state index is 12.0. The lowest BCUT2D eigenvalue weighted by atomic mass is 10.1. The van der Waals surface area contributed by atoms with Gasteiger partial charge in [-0.05, 0) is 26.3 Å². The van der Waals surface area contributed by atoms with Crippen LogP contribution in [0, 0.1) is 0 Å². The molecule has 0 aromatic heterocycles. The van der Waals surface area contributed by atoms with Gasteiger partial charge in [0.05, 0.1) is 6.61 Å². The number of likely N-dealkylation sites (N-methyl/N-ethyl adjacent to an activating group) is 1. The quantitative estimate of drug-likeness (QED) is 0.770. The zero-order valence-corrected chi connectivity index (χ0v) is 10.6. The molecule has 0 radical (unpaired) electrons. The highest BCUT2D eigenvalue weighted by Crippen LogP contribution is 2.17. The zero-order valence-electron chi connectivity index (χ0n) is 10.6. The molecule has 0 spiro atoms. The predicted molar refractivity (Wildman–Crippen MR) is 64.2 cm³/mol. The molecule has 0 aliphatic carbocycles. The van der Waals surface area contributed by atoms with Crippen molar-refractivity contribution >= 4 is 5.91 Å². The summed E-state index contributed by atoms with van der Waals surface area (Å²) in [6, 6.07) is 0.0339. The van der Waals surface area contributed by atoms with E-state index in [1.165, 1.54) is 0 Å². The number of aliphatic hydroxyl groups excluding tert-OH is 1. The fraction of sp³-hybridized carbons (Fsp3) is 0.917. The molecule has 1 fully saturated rings. The minimum absolute atomic E-state index is 0.0583. The lowest BCUT2D eigenvalue weighted by Crippen LogP contribution is -2.49. The van der Waals surface area contributed by atoms with E-state index >= 15 is 0 Å². The van der Waals surface area contributed by atoms with Crippen LogP contribution in [0.2, 0.25) is 0 Å². The van der Waals surface area contributed by atoms with E-state index in [0.717, 1.165) is 32.4 Å². The van der Waals surface area contributed by atoms with Crippen LogP contribution in [0.25, 0.3) is 0 Å². The van der Waals surface area contributed by atoms with E-state index in [1.54, 1.807) is 4.90 Å². The summed E-state index contributed by atoms with van der Waals surface area (Å²) < 4.78 is 0. The summed E-state index contributed by atoms with van der Waals surface area (Å²) in [5, 5.41) is 9.40. The zero-order chi connectivity index (χ0) is 12.1. The highest BCUT2D eigenvalue weighted by Gasteiger charge is 2.33. The molecule has 1 amide bonds. The van der Waals surface area contributed by atoms with Crippen molar-refractivity contribution in [3.63, 3.8) is 0 Å². The summed E-state index contributed by atoms with van der Waals surface area (Å²) in [6.45, 7) is 5.91. The van der Waals surface area contributed by atoms with Crippen LogP contribution in [0.4, 0.5) is 0 Å². The SMILES string of the molecule is CCCCN1C(C)CCN(C)C(=O)C1CO. The summed E-state index contributed by atoms with van der Waals surface area (Å²) in [4.78, 5) is 15.9. The molecule has 0 aromatic carbocycles. The van der Waals surface area contributed by atoms with Gasteiger partial charge in [0, 0.05) is 19.6 Å². The Morgan fingerprint density at radius 3 is 2.75 bits per heavy atom. The van der Waals surface area contributed by atoms with Crippen molar-refractivity contribution in [2.24, 2.45) is 0 Å². The number of hydrogen-bond donors (Lipinski definition) is 1. The average molecular weight is 228 g/mol. The molecule has 1 aliphatic rings. The minimum atomic E-state index is -0.339. The Balaban J connectivity index is 2.77. The number of carbonyl (C=O) groups excluding carboxylic acids is 1. The number of carbonyl (C=O) groups is 1. The molecule has 1 saturated heterocycles. The van der Waals surface area contributed by atoms with Crippen molar-refractivity contribution in [1.29, 1.82) is 0 Å². The van der Waals surface area contributed by atoms with Crippen molar-refractivity contribution < 1.29 is 9.90 Å². The van der Waals surface area contributed by atoms with Gasteiger partial charge in [-0.2, -0.15) is 0 Å². The Morgan fingerprint density at radius 2 is 2.19 bits per heavy atom. The van der Waals surface area contributed by atoms with Gasteiger partial charge < -0.3 is 10.0 Å². The van der Waals surface area contributed by atoms with Gasteiger partial charge in [-0.3, -0.25) is 9.69 Å². The van der Waals surface area contributed by atoms with Crippen LogP contribution in [-0.2, 0) is 4.79 Å². The van der Waals surface area contributed by atoms with Crippen LogP contribution in [0.3, 0.4) is 0 Å². The smallest absolute Gasteiger partial charge is 0.242 e. The second-order valence-electron chi connectivity index (χ2n) is 4.69. The molecular weight excluding hydrogens is 204 g/mol. The number of hydrogen-bond acceptors (Lipinski definition) is 3. The predicted octanol–water partition coefficient (Wildman–Crippen LogP) is 0.700. The van der Waals surface area contributed by atoms with Crippen LogP contribution in [0.1, 0.15) is 33.1 Å². The molecule has 1 N–H and O–H groups in total. The van der Waals surface area contributed by atoms with E-state index < -0.39 is 0 Å². The van der Waals surface area contributed by atoms with Gasteiger partial charge in [0.15, 0.2) is 0 Å². The van der Waals surface area contributed by atoms with E-state index in [9.17, 15) is 9.90 Å². The van der Waals surface area contributed by atoms with Gasteiger partial charge in [0.25, 0.3) is 0 Å². The largest absolute Gasteiger partial charge is 0.394 e. The third-order valence-electron chi connectivity index (χ3n) is 3.45. The second-order valence-corrected chi connectivity index (χ2v) is 4.69. The van der Waals surface area contributed by atoms with Crippen molar-refractivity contribution in [2.75, 3.05) is 26.7 Å². The van der Waals surface area contributed by atoms with Crippen molar-refractivity contribution in [3.8, 4) is 0 Å². The van der Waals surface area contributed by atoms with Gasteiger partial charge in [-0.25, -0.2) is 0 Å². The summed E-state index contributed by atoms with van der Waals surface area (Å²) in [5.74, 6) is 0.0583. The standard InChI is InChI=1S/C12H24N2O2/c1-4-5-7-14-10(2)6-8-13(3)12(16)11(14)9-15/h10-11,15H,4-9H2,1-3H3. The first-order valence-corrected chi connectivity index (χ1v) is 6.23. The van der Waals surface area contributed by atoms with E-state index in [-0.39, 0.29) is 18.6 Å². The summed E-state index contributed by atoms with van der Waals surface area (Å²) in [6.07, 6.45) is 3.19. The summed E-state index contributed by atoms with van der Waals surface area (Å²) >= 11 is 0. The van der Waals surface area contributed by atoms with E-state index in [1.807, 2.05) is 7.05 Å². The number of rotatable bonds is 4. The fourth-order valence-electron chi connectivity index (χ4n) is 2.26. The van der Waals surface area contributed by atoms with Gasteiger partial charge in [-0.15, -0.1) is 0 Å². The molecule has 0 saturated carbocycles. The Kier molecular flexibility index (Phi) is 5.22. The molecule has 2 unspecified atom stereocenters. The number of amides is 1. The minimum Gasteiger partial charge on any atom is -0.394 e. The van der Waals surface area contributed by atoms with Gasteiger partial charge >= 0.3 is 0 Å². The van der Waals surface area contributed by atoms with E-state index in [4.69, 9.17) is 0 Å². The molecule has 2 atom stereocenters. The Hall–Kier alpha value is -0.610. The third-order valence-corrected chi connectivity index (χ3v) is 3.45. The van der Waals surface area contributed by atoms with Crippen LogP contribution < -0.4 is 0 Å². The van der Waals surface area contributed by atoms with Crippen LogP contribution in [-0.4, -0.2) is 59.6 Å². The molecule has 0 bridgehead atoms. The van der Waals surface area contributed by atoms with Gasteiger partial charge in [-0.1, -0.05) is 13.3 Å². The topological polar surface area (TPSA) is 43.8 Å². The monoisotopic (exact) mass is 228 g/mol. The Morgan fingerprint density at radius 1 is 1.50 bits per heavy atom. The van der Waals surface area contributed by atoms with E-state index in [0.29, 0.717) is 6.04 Å². The molecule has 1 heterocycles. The van der Waals surface area contributed by atoms with Crippen molar-refractivity contribution in [2.45, 2.75) is 45.2 Å². The summed E-state index contributed by atoms with van der Waals surface area (Å²) in [5.41, 5.74) is 0. The second kappa shape index (κ2) is 6.21. The van der Waals surface area contributed by atoms with Crippen molar-refractivity contribution in [1.82, 2.24) is 9.80 Å². The third kappa shape index (κ3) is 2.95. The van der Waals surface area contributed by atoms with Crippen LogP contribution in [0.15, 0.2) is 0 Å². The van der Waals surface area contributed by atoms with Crippen LogP contribution in [0.5, 0.6) is 0 Å². The average Bonchev–Trinajstić information content (AvgIpc) is 2.38. The van der Waals surface area contributed by atoms with Crippen molar-refractivity contribution in [3.05, 3.63) is 0 Å². The fourth-order valence-corrected chi connectivity index (χ4v) is 2.26. The van der Waals surface area contributed by atoms with Gasteiger partial charge in [0.2, 0.25) is 5.91 Å². The number of aliphatic hydroxyl groups is 1. The Labute approximate surface area is 98.2 Å². The molecule has 16 heavy (non-hydrogen) atoms.